The highest BCUT2D eigenvalue weighted by atomic mass is 16.5. The molecule has 3 heteroatoms. The normalized spacial score (nSPS) is 27.0. The minimum atomic E-state index is -0.273. The van der Waals surface area contributed by atoms with Crippen molar-refractivity contribution in [2.45, 2.75) is 84.0 Å². The summed E-state index contributed by atoms with van der Waals surface area (Å²) in [5, 5.41) is 17.1. The number of piperidine rings is 1. The molecule has 16 heavy (non-hydrogen) atoms. The number of nitrogens with one attached hydrogen (secondary N) is 1. The van der Waals surface area contributed by atoms with Crippen LogP contribution in [0.3, 0.4) is 0 Å². The number of hydrogen-bond acceptors (Lipinski definition) is 2. The van der Waals surface area contributed by atoms with Crippen molar-refractivity contribution in [2.24, 2.45) is 0 Å². The van der Waals surface area contributed by atoms with Gasteiger partial charge in [-0.1, -0.05) is 0 Å². The zero-order valence-electron chi connectivity index (χ0n) is 11.8. The summed E-state index contributed by atoms with van der Waals surface area (Å²) in [6, 6.07) is 0.426. The van der Waals surface area contributed by atoms with Crippen molar-refractivity contribution in [1.82, 2.24) is 10.4 Å². The van der Waals surface area contributed by atoms with E-state index in [2.05, 4.69) is 26.1 Å². The Balaban J connectivity index is 2.79. The molecule has 1 rings (SSSR count). The quantitative estimate of drug-likeness (QED) is 0.747. The van der Waals surface area contributed by atoms with Crippen LogP contribution in [-0.2, 0) is 5.21 Å². The Bertz CT molecular complexity index is 235. The van der Waals surface area contributed by atoms with Gasteiger partial charge >= 0.3 is 0 Å². The fourth-order valence-electron chi connectivity index (χ4n) is 2.98. The van der Waals surface area contributed by atoms with Gasteiger partial charge in [-0.3, -0.25) is 0 Å². The minimum Gasteiger partial charge on any atom is -0.309 e. The summed E-state index contributed by atoms with van der Waals surface area (Å²) in [7, 11) is 0. The van der Waals surface area contributed by atoms with E-state index in [1.165, 1.54) is 5.06 Å². The Morgan fingerprint density at radius 3 is 1.75 bits per heavy atom. The second kappa shape index (κ2) is 3.97. The number of nitrogens with zero attached hydrogens (tertiary/aromatic N) is 1. The van der Waals surface area contributed by atoms with Crippen LogP contribution >= 0.6 is 0 Å². The highest BCUT2D eigenvalue weighted by molar-refractivity contribution is 4.99. The van der Waals surface area contributed by atoms with Gasteiger partial charge in [0.1, 0.15) is 0 Å². The molecule has 0 aliphatic carbocycles. The lowest BCUT2D eigenvalue weighted by molar-refractivity contribution is -0.290. The van der Waals surface area contributed by atoms with Crippen molar-refractivity contribution in [3.8, 4) is 0 Å². The minimum absolute atomic E-state index is 0.113. The Labute approximate surface area is 100 Å². The third-order valence-electron chi connectivity index (χ3n) is 3.23. The molecule has 95 valence electrons. The van der Waals surface area contributed by atoms with Crippen LogP contribution in [0.1, 0.15) is 61.3 Å². The molecular weight excluding hydrogens is 200 g/mol. The Morgan fingerprint density at radius 2 is 1.44 bits per heavy atom. The summed E-state index contributed by atoms with van der Waals surface area (Å²) in [4.78, 5) is 0. The lowest BCUT2D eigenvalue weighted by Gasteiger charge is -2.51. The van der Waals surface area contributed by atoms with Gasteiger partial charge in [0.2, 0.25) is 0 Å². The lowest BCUT2D eigenvalue weighted by Crippen LogP contribution is -2.63. The second-order valence-electron chi connectivity index (χ2n) is 7.42. The Hall–Kier alpha value is -0.120. The molecular formula is C13H27N2O. The van der Waals surface area contributed by atoms with Crippen LogP contribution < -0.4 is 5.32 Å². The molecule has 1 aliphatic rings. The maximum absolute atomic E-state index is 12.2. The maximum atomic E-state index is 12.2. The predicted molar refractivity (Wildman–Crippen MR) is 66.6 cm³/mol. The van der Waals surface area contributed by atoms with Gasteiger partial charge in [-0.15, -0.1) is 10.3 Å². The molecule has 0 saturated carbocycles. The van der Waals surface area contributed by atoms with Crippen molar-refractivity contribution < 1.29 is 5.21 Å². The zero-order chi connectivity index (χ0) is 12.8. The highest BCUT2D eigenvalue weighted by Gasteiger charge is 2.46. The summed E-state index contributed by atoms with van der Waals surface area (Å²) < 4.78 is 0. The van der Waals surface area contributed by atoms with E-state index < -0.39 is 0 Å². The average molecular weight is 227 g/mol. The monoisotopic (exact) mass is 227 g/mol. The average Bonchev–Trinajstić information content (AvgIpc) is 1.95. The number of rotatable bonds is 1. The van der Waals surface area contributed by atoms with E-state index in [1.807, 2.05) is 27.7 Å². The molecule has 1 N–H and O–H groups in total. The fraction of sp³-hybridized carbons (Fsp3) is 1.00. The van der Waals surface area contributed by atoms with Crippen LogP contribution in [0.25, 0.3) is 0 Å². The van der Waals surface area contributed by atoms with E-state index in [0.29, 0.717) is 6.04 Å². The lowest BCUT2D eigenvalue weighted by atomic mass is 9.78. The molecule has 0 bridgehead atoms. The number of hydrogen-bond donors (Lipinski definition) is 1. The standard InChI is InChI=1S/C13H27N2O/c1-11(2,3)14-10-8-12(4,5)15(16)13(6,7)9-10/h10,14H,8-9H2,1-7H3. The molecule has 1 fully saturated rings. The molecule has 0 aromatic heterocycles. The van der Waals surface area contributed by atoms with Crippen molar-refractivity contribution >= 4 is 0 Å². The van der Waals surface area contributed by atoms with Gasteiger partial charge in [-0.05, 0) is 61.3 Å². The SMILES string of the molecule is CC(C)(C)NC1CC(C)(C)N([O])C(C)(C)C1. The molecule has 1 heterocycles. The summed E-state index contributed by atoms with van der Waals surface area (Å²) in [6.07, 6.45) is 1.83. The zero-order valence-corrected chi connectivity index (χ0v) is 11.8. The molecule has 1 aliphatic heterocycles. The van der Waals surface area contributed by atoms with E-state index in [-0.39, 0.29) is 16.6 Å². The topological polar surface area (TPSA) is 35.2 Å². The molecule has 1 saturated heterocycles. The van der Waals surface area contributed by atoms with Crippen molar-refractivity contribution in [2.75, 3.05) is 0 Å². The van der Waals surface area contributed by atoms with Crippen LogP contribution in [0.4, 0.5) is 0 Å². The first-order valence-corrected chi connectivity index (χ1v) is 6.19. The first-order valence-electron chi connectivity index (χ1n) is 6.19. The maximum Gasteiger partial charge on any atom is 0.0458 e. The second-order valence-corrected chi connectivity index (χ2v) is 7.42. The molecule has 0 aromatic rings. The van der Waals surface area contributed by atoms with Gasteiger partial charge in [0.25, 0.3) is 0 Å². The van der Waals surface area contributed by atoms with Crippen LogP contribution in [0.5, 0.6) is 0 Å². The van der Waals surface area contributed by atoms with E-state index in [0.717, 1.165) is 12.8 Å². The fourth-order valence-corrected chi connectivity index (χ4v) is 2.98. The van der Waals surface area contributed by atoms with Gasteiger partial charge < -0.3 is 5.32 Å². The molecule has 0 amide bonds. The van der Waals surface area contributed by atoms with Crippen LogP contribution in [-0.4, -0.2) is 27.7 Å². The predicted octanol–water partition coefficient (Wildman–Crippen LogP) is 2.74. The third kappa shape index (κ3) is 3.19. The highest BCUT2D eigenvalue weighted by Crippen LogP contribution is 2.37. The first-order chi connectivity index (χ1) is 6.94. The van der Waals surface area contributed by atoms with Crippen molar-refractivity contribution in [3.63, 3.8) is 0 Å². The summed E-state index contributed by atoms with van der Waals surface area (Å²) in [6.45, 7) is 14.7. The smallest absolute Gasteiger partial charge is 0.0458 e. The molecule has 0 unspecified atom stereocenters. The molecule has 3 nitrogen and oxygen atoms in total. The van der Waals surface area contributed by atoms with Gasteiger partial charge in [-0.25, -0.2) is 0 Å². The van der Waals surface area contributed by atoms with E-state index in [9.17, 15) is 5.21 Å². The molecule has 1 radical (unpaired) electrons. The van der Waals surface area contributed by atoms with Crippen molar-refractivity contribution in [1.29, 1.82) is 0 Å². The first kappa shape index (κ1) is 13.9. The van der Waals surface area contributed by atoms with Crippen LogP contribution in [0.15, 0.2) is 0 Å². The summed E-state index contributed by atoms with van der Waals surface area (Å²) >= 11 is 0. The molecule has 0 aromatic carbocycles. The van der Waals surface area contributed by atoms with Crippen molar-refractivity contribution in [3.05, 3.63) is 0 Å². The van der Waals surface area contributed by atoms with E-state index in [4.69, 9.17) is 0 Å². The van der Waals surface area contributed by atoms with Crippen LogP contribution in [0.2, 0.25) is 0 Å². The molecule has 0 atom stereocenters. The van der Waals surface area contributed by atoms with E-state index in [1.54, 1.807) is 0 Å². The van der Waals surface area contributed by atoms with Gasteiger partial charge in [-0.2, -0.15) is 0 Å². The van der Waals surface area contributed by atoms with Gasteiger partial charge in [0, 0.05) is 22.7 Å². The Morgan fingerprint density at radius 1 is 1.06 bits per heavy atom. The van der Waals surface area contributed by atoms with Crippen LogP contribution in [0, 0.1) is 0 Å². The van der Waals surface area contributed by atoms with E-state index >= 15 is 0 Å². The molecule has 0 spiro atoms. The summed E-state index contributed by atoms with van der Waals surface area (Å²) in [5.74, 6) is 0. The third-order valence-corrected chi connectivity index (χ3v) is 3.23. The largest absolute Gasteiger partial charge is 0.309 e. The van der Waals surface area contributed by atoms with Gasteiger partial charge in [0.05, 0.1) is 0 Å². The summed E-state index contributed by atoms with van der Waals surface area (Å²) in [5.41, 5.74) is -0.433. The number of hydroxylamine groups is 2. The Kier molecular flexibility index (Phi) is 3.46. The van der Waals surface area contributed by atoms with Gasteiger partial charge in [0.15, 0.2) is 0 Å².